The number of carbonyl (C=O) groups is 3. The van der Waals surface area contributed by atoms with Crippen molar-refractivity contribution >= 4 is 17.7 Å². The molecule has 1 saturated heterocycles. The number of imide groups is 1. The minimum Gasteiger partial charge on any atom is -0.341 e. The standard InChI is InChI=1S/C18H23N3O3/c1-11(2)15(18(24)20-9-7-12(19)8-10-20)21-16(22)13-5-3-4-6-14(13)17(21)23/h3-6,11-12,15H,7-10,19H2,1-2H3. The molecule has 2 heterocycles. The Hall–Kier alpha value is -2.21. The van der Waals surface area contributed by atoms with Gasteiger partial charge in [0.05, 0.1) is 11.1 Å². The first kappa shape index (κ1) is 16.6. The van der Waals surface area contributed by atoms with Gasteiger partial charge < -0.3 is 10.6 Å². The van der Waals surface area contributed by atoms with E-state index in [1.54, 1.807) is 29.2 Å². The number of likely N-dealkylation sites (tertiary alicyclic amines) is 1. The van der Waals surface area contributed by atoms with Gasteiger partial charge in [0.25, 0.3) is 11.8 Å². The van der Waals surface area contributed by atoms with E-state index in [4.69, 9.17) is 5.73 Å². The number of amides is 3. The van der Waals surface area contributed by atoms with Crippen molar-refractivity contribution in [1.82, 2.24) is 9.80 Å². The first-order valence-corrected chi connectivity index (χ1v) is 8.43. The van der Waals surface area contributed by atoms with E-state index in [9.17, 15) is 14.4 Å². The summed E-state index contributed by atoms with van der Waals surface area (Å²) in [6.45, 7) is 4.88. The molecule has 1 aromatic carbocycles. The number of carbonyl (C=O) groups excluding carboxylic acids is 3. The van der Waals surface area contributed by atoms with Crippen LogP contribution in [0.4, 0.5) is 0 Å². The third-order valence-corrected chi connectivity index (χ3v) is 4.84. The van der Waals surface area contributed by atoms with E-state index in [1.165, 1.54) is 0 Å². The van der Waals surface area contributed by atoms with Gasteiger partial charge in [-0.2, -0.15) is 0 Å². The zero-order valence-corrected chi connectivity index (χ0v) is 14.1. The maximum atomic E-state index is 13.0. The van der Waals surface area contributed by atoms with E-state index in [2.05, 4.69) is 0 Å². The number of nitrogens with zero attached hydrogens (tertiary/aromatic N) is 2. The van der Waals surface area contributed by atoms with Crippen molar-refractivity contribution < 1.29 is 14.4 Å². The van der Waals surface area contributed by atoms with E-state index in [-0.39, 0.29) is 29.7 Å². The molecule has 3 rings (SSSR count). The minimum atomic E-state index is -0.772. The lowest BCUT2D eigenvalue weighted by atomic mass is 9.98. The molecular formula is C18H23N3O3. The molecule has 2 aliphatic heterocycles. The van der Waals surface area contributed by atoms with E-state index < -0.39 is 6.04 Å². The second-order valence-corrected chi connectivity index (χ2v) is 6.88. The van der Waals surface area contributed by atoms with Crippen molar-refractivity contribution in [2.45, 2.75) is 38.8 Å². The topological polar surface area (TPSA) is 83.7 Å². The largest absolute Gasteiger partial charge is 0.341 e. The third-order valence-electron chi connectivity index (χ3n) is 4.84. The zero-order chi connectivity index (χ0) is 17.4. The van der Waals surface area contributed by atoms with Crippen molar-refractivity contribution in [3.63, 3.8) is 0 Å². The van der Waals surface area contributed by atoms with Gasteiger partial charge in [0, 0.05) is 19.1 Å². The number of hydrogen-bond donors (Lipinski definition) is 1. The molecule has 1 fully saturated rings. The summed E-state index contributed by atoms with van der Waals surface area (Å²) < 4.78 is 0. The van der Waals surface area contributed by atoms with E-state index in [0.717, 1.165) is 17.7 Å². The molecule has 1 aromatic rings. The summed E-state index contributed by atoms with van der Waals surface area (Å²) in [6.07, 6.45) is 1.50. The number of benzene rings is 1. The molecule has 1 unspecified atom stereocenters. The van der Waals surface area contributed by atoms with Gasteiger partial charge in [-0.25, -0.2) is 0 Å². The Morgan fingerprint density at radius 2 is 1.58 bits per heavy atom. The zero-order valence-electron chi connectivity index (χ0n) is 14.1. The van der Waals surface area contributed by atoms with Gasteiger partial charge in [0.2, 0.25) is 5.91 Å². The molecule has 0 saturated carbocycles. The van der Waals surface area contributed by atoms with E-state index in [1.807, 2.05) is 13.8 Å². The number of fused-ring (bicyclic) bond motifs is 1. The van der Waals surface area contributed by atoms with Crippen LogP contribution in [0, 0.1) is 5.92 Å². The minimum absolute atomic E-state index is 0.117. The van der Waals surface area contributed by atoms with Gasteiger partial charge in [-0.1, -0.05) is 26.0 Å². The van der Waals surface area contributed by atoms with Crippen LogP contribution in [0.1, 0.15) is 47.4 Å². The number of hydrogen-bond acceptors (Lipinski definition) is 4. The molecule has 0 aromatic heterocycles. The Morgan fingerprint density at radius 1 is 1.08 bits per heavy atom. The summed E-state index contributed by atoms with van der Waals surface area (Å²) in [5.41, 5.74) is 6.65. The molecule has 1 atom stereocenters. The highest BCUT2D eigenvalue weighted by Gasteiger charge is 2.45. The smallest absolute Gasteiger partial charge is 0.262 e. The lowest BCUT2D eigenvalue weighted by Crippen LogP contribution is -2.55. The highest BCUT2D eigenvalue weighted by molar-refractivity contribution is 6.22. The fourth-order valence-electron chi connectivity index (χ4n) is 3.46. The summed E-state index contributed by atoms with van der Waals surface area (Å²) in [5, 5.41) is 0. The number of rotatable bonds is 3. The van der Waals surface area contributed by atoms with E-state index in [0.29, 0.717) is 24.2 Å². The van der Waals surface area contributed by atoms with Crippen LogP contribution in [0.25, 0.3) is 0 Å². The quantitative estimate of drug-likeness (QED) is 0.846. The van der Waals surface area contributed by atoms with Crippen LogP contribution >= 0.6 is 0 Å². The predicted octanol–water partition coefficient (Wildman–Crippen LogP) is 1.26. The van der Waals surface area contributed by atoms with Crippen LogP contribution in [0.2, 0.25) is 0 Å². The molecule has 24 heavy (non-hydrogen) atoms. The summed E-state index contributed by atoms with van der Waals surface area (Å²) in [4.78, 5) is 41.3. The Kier molecular flexibility index (Phi) is 4.41. The van der Waals surface area contributed by atoms with Crippen LogP contribution in [0.3, 0.4) is 0 Å². The molecule has 6 nitrogen and oxygen atoms in total. The molecular weight excluding hydrogens is 306 g/mol. The average Bonchev–Trinajstić information content (AvgIpc) is 2.81. The third kappa shape index (κ3) is 2.71. The molecule has 0 bridgehead atoms. The Morgan fingerprint density at radius 3 is 2.04 bits per heavy atom. The normalized spacial score (nSPS) is 19.8. The van der Waals surface area contributed by atoms with Crippen LogP contribution in [-0.4, -0.2) is 52.7 Å². The first-order valence-electron chi connectivity index (χ1n) is 8.43. The summed E-state index contributed by atoms with van der Waals surface area (Å²) >= 11 is 0. The summed E-state index contributed by atoms with van der Waals surface area (Å²) in [5.74, 6) is -1.07. The lowest BCUT2D eigenvalue weighted by molar-refractivity contribution is -0.137. The molecule has 6 heteroatoms. The monoisotopic (exact) mass is 329 g/mol. The second-order valence-electron chi connectivity index (χ2n) is 6.88. The Labute approximate surface area is 141 Å². The van der Waals surface area contributed by atoms with Crippen molar-refractivity contribution in [3.05, 3.63) is 35.4 Å². The second kappa shape index (κ2) is 6.36. The predicted molar refractivity (Wildman–Crippen MR) is 89.4 cm³/mol. The van der Waals surface area contributed by atoms with Gasteiger partial charge in [-0.3, -0.25) is 19.3 Å². The van der Waals surface area contributed by atoms with Crippen molar-refractivity contribution in [3.8, 4) is 0 Å². The maximum absolute atomic E-state index is 13.0. The average molecular weight is 329 g/mol. The molecule has 0 spiro atoms. The molecule has 0 radical (unpaired) electrons. The molecule has 128 valence electrons. The highest BCUT2D eigenvalue weighted by atomic mass is 16.2. The SMILES string of the molecule is CC(C)C(C(=O)N1CCC(N)CC1)N1C(=O)c2ccccc2C1=O. The highest BCUT2D eigenvalue weighted by Crippen LogP contribution is 2.28. The Bertz CT molecular complexity index is 643. The van der Waals surface area contributed by atoms with Crippen LogP contribution in [-0.2, 0) is 4.79 Å². The molecule has 0 aliphatic carbocycles. The van der Waals surface area contributed by atoms with Gasteiger partial charge in [0.1, 0.15) is 6.04 Å². The van der Waals surface area contributed by atoms with Crippen LogP contribution in [0.5, 0.6) is 0 Å². The van der Waals surface area contributed by atoms with E-state index >= 15 is 0 Å². The maximum Gasteiger partial charge on any atom is 0.262 e. The van der Waals surface area contributed by atoms with Crippen LogP contribution in [0.15, 0.2) is 24.3 Å². The fourth-order valence-corrected chi connectivity index (χ4v) is 3.46. The molecule has 3 amide bonds. The van der Waals surface area contributed by atoms with Crippen molar-refractivity contribution in [1.29, 1.82) is 0 Å². The van der Waals surface area contributed by atoms with Crippen LogP contribution < -0.4 is 5.73 Å². The van der Waals surface area contributed by atoms with Crippen molar-refractivity contribution in [2.75, 3.05) is 13.1 Å². The molecule has 2 aliphatic rings. The van der Waals surface area contributed by atoms with Gasteiger partial charge in [0.15, 0.2) is 0 Å². The number of piperidine rings is 1. The molecule has 2 N–H and O–H groups in total. The van der Waals surface area contributed by atoms with Gasteiger partial charge in [-0.05, 0) is 30.9 Å². The fraction of sp³-hybridized carbons (Fsp3) is 0.500. The van der Waals surface area contributed by atoms with Crippen molar-refractivity contribution in [2.24, 2.45) is 11.7 Å². The summed E-state index contributed by atoms with van der Waals surface area (Å²) in [7, 11) is 0. The number of nitrogens with two attached hydrogens (primary N) is 1. The first-order chi connectivity index (χ1) is 11.4. The van der Waals surface area contributed by atoms with Gasteiger partial charge >= 0.3 is 0 Å². The summed E-state index contributed by atoms with van der Waals surface area (Å²) in [6, 6.07) is 6.07. The Balaban J connectivity index is 1.88. The lowest BCUT2D eigenvalue weighted by Gasteiger charge is -2.36. The van der Waals surface area contributed by atoms with Gasteiger partial charge in [-0.15, -0.1) is 0 Å².